The lowest BCUT2D eigenvalue weighted by molar-refractivity contribution is -0.138. The van der Waals surface area contributed by atoms with E-state index < -0.39 is 12.0 Å². The summed E-state index contributed by atoms with van der Waals surface area (Å²) in [6.45, 7) is 9.76. The molecule has 0 bridgehead atoms. The summed E-state index contributed by atoms with van der Waals surface area (Å²) in [4.78, 5) is 10.5. The number of benzene rings is 1. The monoisotopic (exact) mass is 255 g/mol. The van der Waals surface area contributed by atoms with E-state index in [1.54, 1.807) is 25.1 Å². The van der Waals surface area contributed by atoms with Gasteiger partial charge in [-0.2, -0.15) is 0 Å². The van der Waals surface area contributed by atoms with Gasteiger partial charge in [-0.3, -0.25) is 4.79 Å². The molecule has 0 saturated carbocycles. The van der Waals surface area contributed by atoms with Crippen molar-refractivity contribution >= 4 is 5.97 Å². The standard InChI is InChI=1S/C10H13NO3.2C2H6/c1-6-4-7(2-3-9(6)12)5-8(11)10(13)14;2*1-2/h2-4,8,12H,5,11H2,1H3,(H,13,14);2*1-2H3. The minimum Gasteiger partial charge on any atom is -0.508 e. The zero-order valence-electron chi connectivity index (χ0n) is 11.9. The summed E-state index contributed by atoms with van der Waals surface area (Å²) < 4.78 is 0. The summed E-state index contributed by atoms with van der Waals surface area (Å²) in [5.41, 5.74) is 6.91. The quantitative estimate of drug-likeness (QED) is 0.775. The van der Waals surface area contributed by atoms with Gasteiger partial charge < -0.3 is 15.9 Å². The number of aryl methyl sites for hydroxylation is 1. The maximum Gasteiger partial charge on any atom is 0.320 e. The molecule has 1 atom stereocenters. The van der Waals surface area contributed by atoms with E-state index in [0.717, 1.165) is 11.1 Å². The van der Waals surface area contributed by atoms with Crippen molar-refractivity contribution in [2.45, 2.75) is 47.1 Å². The average Bonchev–Trinajstić information content (AvgIpc) is 2.38. The SMILES string of the molecule is CC.CC.Cc1cc(CC(N)C(=O)O)ccc1O. The maximum absolute atomic E-state index is 10.5. The Morgan fingerprint density at radius 2 is 1.78 bits per heavy atom. The van der Waals surface area contributed by atoms with E-state index >= 15 is 0 Å². The number of aliphatic carboxylic acids is 1. The molecule has 18 heavy (non-hydrogen) atoms. The Morgan fingerprint density at radius 3 is 2.17 bits per heavy atom. The largest absolute Gasteiger partial charge is 0.508 e. The number of carbonyl (C=O) groups is 1. The Morgan fingerprint density at radius 1 is 1.28 bits per heavy atom. The van der Waals surface area contributed by atoms with Crippen LogP contribution in [0.15, 0.2) is 18.2 Å². The molecule has 4 N–H and O–H groups in total. The van der Waals surface area contributed by atoms with E-state index in [1.165, 1.54) is 0 Å². The Bertz CT molecular complexity index is 351. The smallest absolute Gasteiger partial charge is 0.320 e. The molecule has 4 heteroatoms. The molecule has 0 aromatic heterocycles. The first-order valence-corrected chi connectivity index (χ1v) is 6.27. The van der Waals surface area contributed by atoms with Crippen LogP contribution in [0, 0.1) is 6.92 Å². The molecule has 0 aliphatic rings. The molecule has 0 fully saturated rings. The first-order chi connectivity index (χ1) is 8.50. The van der Waals surface area contributed by atoms with Crippen molar-refractivity contribution in [3.8, 4) is 5.75 Å². The third-order valence-electron chi connectivity index (χ3n) is 2.03. The fourth-order valence-corrected chi connectivity index (χ4v) is 1.19. The number of hydrogen-bond acceptors (Lipinski definition) is 3. The second-order valence-electron chi connectivity index (χ2n) is 3.27. The molecule has 0 radical (unpaired) electrons. The van der Waals surface area contributed by atoms with Gasteiger partial charge in [-0.1, -0.05) is 39.8 Å². The highest BCUT2D eigenvalue weighted by Gasteiger charge is 2.12. The molecule has 1 aromatic rings. The van der Waals surface area contributed by atoms with Crippen LogP contribution in [0.3, 0.4) is 0 Å². The van der Waals surface area contributed by atoms with Crippen LogP contribution in [-0.4, -0.2) is 22.2 Å². The molecular weight excluding hydrogens is 230 g/mol. The Kier molecular flexibility index (Phi) is 11.1. The Labute approximate surface area is 109 Å². The molecule has 104 valence electrons. The van der Waals surface area contributed by atoms with Crippen LogP contribution in [0.2, 0.25) is 0 Å². The number of aromatic hydroxyl groups is 1. The van der Waals surface area contributed by atoms with Gasteiger partial charge in [0.15, 0.2) is 0 Å². The van der Waals surface area contributed by atoms with Crippen LogP contribution >= 0.6 is 0 Å². The number of nitrogens with two attached hydrogens (primary N) is 1. The van der Waals surface area contributed by atoms with Crippen molar-refractivity contribution in [2.24, 2.45) is 5.73 Å². The van der Waals surface area contributed by atoms with Crippen molar-refractivity contribution in [3.63, 3.8) is 0 Å². The van der Waals surface area contributed by atoms with Crippen LogP contribution in [0.4, 0.5) is 0 Å². The summed E-state index contributed by atoms with van der Waals surface area (Å²) >= 11 is 0. The Balaban J connectivity index is 0. The van der Waals surface area contributed by atoms with Gasteiger partial charge >= 0.3 is 5.97 Å². The lowest BCUT2D eigenvalue weighted by Gasteiger charge is -2.07. The van der Waals surface area contributed by atoms with Gasteiger partial charge in [0, 0.05) is 0 Å². The van der Waals surface area contributed by atoms with Crippen molar-refractivity contribution < 1.29 is 15.0 Å². The molecule has 0 heterocycles. The fraction of sp³-hybridized carbons (Fsp3) is 0.500. The number of phenolic OH excluding ortho intramolecular Hbond substituents is 1. The molecule has 1 rings (SSSR count). The van der Waals surface area contributed by atoms with Gasteiger partial charge in [0.2, 0.25) is 0 Å². The van der Waals surface area contributed by atoms with E-state index in [2.05, 4.69) is 0 Å². The minimum absolute atomic E-state index is 0.206. The number of carboxylic acid groups (broad SMARTS) is 1. The summed E-state index contributed by atoms with van der Waals surface area (Å²) in [6, 6.07) is 4.06. The molecule has 4 nitrogen and oxygen atoms in total. The molecular formula is C14H25NO3. The van der Waals surface area contributed by atoms with Gasteiger partial charge in [0.05, 0.1) is 0 Å². The molecule has 0 aliphatic carbocycles. The van der Waals surface area contributed by atoms with Crippen LogP contribution in [0.1, 0.15) is 38.8 Å². The van der Waals surface area contributed by atoms with Gasteiger partial charge in [0.25, 0.3) is 0 Å². The molecule has 1 aromatic carbocycles. The van der Waals surface area contributed by atoms with Crippen LogP contribution < -0.4 is 5.73 Å². The van der Waals surface area contributed by atoms with Crippen LogP contribution in [-0.2, 0) is 11.2 Å². The average molecular weight is 255 g/mol. The van der Waals surface area contributed by atoms with Crippen molar-refractivity contribution in [1.29, 1.82) is 0 Å². The third-order valence-corrected chi connectivity index (χ3v) is 2.03. The second kappa shape index (κ2) is 10.6. The highest BCUT2D eigenvalue weighted by molar-refractivity contribution is 5.73. The Hall–Kier alpha value is -1.55. The highest BCUT2D eigenvalue weighted by atomic mass is 16.4. The highest BCUT2D eigenvalue weighted by Crippen LogP contribution is 2.17. The van der Waals surface area contributed by atoms with Crippen molar-refractivity contribution in [3.05, 3.63) is 29.3 Å². The van der Waals surface area contributed by atoms with E-state index in [-0.39, 0.29) is 12.2 Å². The van der Waals surface area contributed by atoms with Gasteiger partial charge in [-0.05, 0) is 30.5 Å². The second-order valence-corrected chi connectivity index (χ2v) is 3.27. The zero-order chi connectivity index (χ0) is 14.7. The molecule has 0 spiro atoms. The predicted octanol–water partition coefficient (Wildman–Crippen LogP) is 2.71. The van der Waals surface area contributed by atoms with Crippen molar-refractivity contribution in [2.75, 3.05) is 0 Å². The van der Waals surface area contributed by atoms with Gasteiger partial charge in [0.1, 0.15) is 11.8 Å². The fourth-order valence-electron chi connectivity index (χ4n) is 1.19. The topological polar surface area (TPSA) is 83.6 Å². The van der Waals surface area contributed by atoms with Gasteiger partial charge in [-0.15, -0.1) is 0 Å². The molecule has 0 saturated heterocycles. The molecule has 1 unspecified atom stereocenters. The van der Waals surface area contributed by atoms with E-state index in [1.807, 2.05) is 27.7 Å². The summed E-state index contributed by atoms with van der Waals surface area (Å²) in [6.07, 6.45) is 0.274. The molecule has 0 aliphatic heterocycles. The van der Waals surface area contributed by atoms with E-state index in [4.69, 9.17) is 10.8 Å². The predicted molar refractivity (Wildman–Crippen MR) is 74.9 cm³/mol. The van der Waals surface area contributed by atoms with Crippen molar-refractivity contribution in [1.82, 2.24) is 0 Å². The van der Waals surface area contributed by atoms with Gasteiger partial charge in [-0.25, -0.2) is 0 Å². The number of rotatable bonds is 3. The number of phenols is 1. The number of hydrogen-bond donors (Lipinski definition) is 3. The zero-order valence-corrected chi connectivity index (χ0v) is 11.9. The first-order valence-electron chi connectivity index (χ1n) is 6.27. The van der Waals surface area contributed by atoms with Crippen LogP contribution in [0.25, 0.3) is 0 Å². The van der Waals surface area contributed by atoms with E-state index in [0.29, 0.717) is 0 Å². The maximum atomic E-state index is 10.5. The third kappa shape index (κ3) is 6.91. The number of carboxylic acids is 1. The summed E-state index contributed by atoms with van der Waals surface area (Å²) in [7, 11) is 0. The molecule has 0 amide bonds. The lowest BCUT2D eigenvalue weighted by atomic mass is 10.0. The van der Waals surface area contributed by atoms with Crippen LogP contribution in [0.5, 0.6) is 5.75 Å². The normalized spacial score (nSPS) is 10.3. The minimum atomic E-state index is -1.02. The first kappa shape index (κ1) is 18.8. The summed E-state index contributed by atoms with van der Waals surface area (Å²) in [5, 5.41) is 17.8. The van der Waals surface area contributed by atoms with E-state index in [9.17, 15) is 9.90 Å². The lowest BCUT2D eigenvalue weighted by Crippen LogP contribution is -2.32. The summed E-state index contributed by atoms with van der Waals surface area (Å²) in [5.74, 6) is -0.812.